The fourth-order valence-corrected chi connectivity index (χ4v) is 4.02. The van der Waals surface area contributed by atoms with E-state index in [1.54, 1.807) is 0 Å². The first-order valence-electron chi connectivity index (χ1n) is 9.33. The summed E-state index contributed by atoms with van der Waals surface area (Å²) in [4.78, 5) is 2.22. The highest BCUT2D eigenvalue weighted by atomic mass is 16.5. The van der Waals surface area contributed by atoms with Crippen molar-refractivity contribution in [2.24, 2.45) is 0 Å². The van der Waals surface area contributed by atoms with E-state index in [0.29, 0.717) is 5.57 Å². The van der Waals surface area contributed by atoms with Gasteiger partial charge < -0.3 is 14.7 Å². The molecule has 1 saturated heterocycles. The van der Waals surface area contributed by atoms with Gasteiger partial charge in [0.2, 0.25) is 0 Å². The molecule has 1 fully saturated rings. The number of benzene rings is 1. The van der Waals surface area contributed by atoms with Crippen molar-refractivity contribution in [3.05, 3.63) is 46.7 Å². The number of rotatable bonds is 3. The highest BCUT2D eigenvalue weighted by Crippen LogP contribution is 2.45. The minimum absolute atomic E-state index is 0.0490. The minimum Gasteiger partial charge on any atom is -0.480 e. The first-order chi connectivity index (χ1) is 13.5. The van der Waals surface area contributed by atoms with Crippen molar-refractivity contribution in [3.8, 4) is 18.2 Å². The molecule has 3 rings (SSSR count). The van der Waals surface area contributed by atoms with Gasteiger partial charge in [-0.1, -0.05) is 12.1 Å². The molecule has 6 heteroatoms. The largest absolute Gasteiger partial charge is 0.480 e. The first-order valence-corrected chi connectivity index (χ1v) is 9.33. The van der Waals surface area contributed by atoms with Gasteiger partial charge in [-0.15, -0.1) is 0 Å². The van der Waals surface area contributed by atoms with Gasteiger partial charge in [-0.2, -0.15) is 15.8 Å². The molecule has 0 bridgehead atoms. The van der Waals surface area contributed by atoms with Crippen molar-refractivity contribution in [2.45, 2.75) is 44.8 Å². The fourth-order valence-electron chi connectivity index (χ4n) is 4.02. The lowest BCUT2D eigenvalue weighted by molar-refractivity contribution is 0.109. The Morgan fingerprint density at radius 2 is 1.86 bits per heavy atom. The number of ether oxygens (including phenoxy) is 1. The number of aliphatic hydroxyl groups is 1. The van der Waals surface area contributed by atoms with Crippen molar-refractivity contribution in [1.82, 2.24) is 0 Å². The average Bonchev–Trinajstić information content (AvgIpc) is 2.99. The second kappa shape index (κ2) is 7.77. The third kappa shape index (κ3) is 3.33. The standard InChI is InChI=1S/C22H22N4O2/c1-22(2)20(19(13-25)21(28-22)16(11-23)12-24)15-6-8-17(9-7-15)26-10-4-3-5-18(26)14-27/h6-9,18,27H,3-5,10,14H2,1-2H3. The third-order valence-corrected chi connectivity index (χ3v) is 5.32. The maximum Gasteiger partial charge on any atom is 0.172 e. The molecular formula is C22H22N4O2. The summed E-state index contributed by atoms with van der Waals surface area (Å²) in [5.41, 5.74) is 1.70. The maximum atomic E-state index is 9.69. The van der Waals surface area contributed by atoms with Crippen molar-refractivity contribution in [3.63, 3.8) is 0 Å². The van der Waals surface area contributed by atoms with E-state index < -0.39 is 5.60 Å². The molecule has 0 amide bonds. The van der Waals surface area contributed by atoms with E-state index >= 15 is 0 Å². The van der Waals surface area contributed by atoms with Gasteiger partial charge in [-0.25, -0.2) is 0 Å². The van der Waals surface area contributed by atoms with Gasteiger partial charge in [0.05, 0.1) is 12.6 Å². The second-order valence-corrected chi connectivity index (χ2v) is 7.47. The van der Waals surface area contributed by atoms with Crippen LogP contribution in [-0.2, 0) is 4.74 Å². The zero-order valence-electron chi connectivity index (χ0n) is 16.1. The van der Waals surface area contributed by atoms with Crippen molar-refractivity contribution in [2.75, 3.05) is 18.1 Å². The summed E-state index contributed by atoms with van der Waals surface area (Å²) in [6.45, 7) is 4.68. The predicted octanol–water partition coefficient (Wildman–Crippen LogP) is 3.43. The topological polar surface area (TPSA) is 104 Å². The Morgan fingerprint density at radius 1 is 1.18 bits per heavy atom. The van der Waals surface area contributed by atoms with E-state index in [1.807, 2.05) is 50.3 Å². The van der Waals surface area contributed by atoms with Gasteiger partial charge in [0.25, 0.3) is 0 Å². The summed E-state index contributed by atoms with van der Waals surface area (Å²) in [5.74, 6) is 0.0490. The molecule has 2 heterocycles. The lowest BCUT2D eigenvalue weighted by Gasteiger charge is -2.36. The van der Waals surface area contributed by atoms with Gasteiger partial charge in [-0.3, -0.25) is 0 Å². The van der Waals surface area contributed by atoms with Crippen LogP contribution in [0.4, 0.5) is 5.69 Å². The van der Waals surface area contributed by atoms with E-state index in [-0.39, 0.29) is 29.6 Å². The summed E-state index contributed by atoms with van der Waals surface area (Å²) >= 11 is 0. The minimum atomic E-state index is -0.834. The van der Waals surface area contributed by atoms with Gasteiger partial charge in [-0.05, 0) is 50.8 Å². The molecule has 1 N–H and O–H groups in total. The molecule has 1 atom stereocenters. The Morgan fingerprint density at radius 3 is 2.43 bits per heavy atom. The maximum absolute atomic E-state index is 9.69. The number of anilines is 1. The molecule has 0 aromatic heterocycles. The molecule has 2 aliphatic rings. The van der Waals surface area contributed by atoms with Crippen LogP contribution in [0.2, 0.25) is 0 Å². The number of hydrogen-bond donors (Lipinski definition) is 1. The van der Waals surface area contributed by atoms with Crippen molar-refractivity contribution < 1.29 is 9.84 Å². The molecule has 0 spiro atoms. The average molecular weight is 374 g/mol. The van der Waals surface area contributed by atoms with E-state index in [4.69, 9.17) is 4.74 Å². The Labute approximate surface area is 165 Å². The summed E-state index contributed by atoms with van der Waals surface area (Å²) in [5, 5.41) is 37.7. The Balaban J connectivity index is 2.04. The summed E-state index contributed by atoms with van der Waals surface area (Å²) in [7, 11) is 0. The Bertz CT molecular complexity index is 936. The highest BCUT2D eigenvalue weighted by molar-refractivity contribution is 5.84. The molecule has 1 aromatic carbocycles. The van der Waals surface area contributed by atoms with Gasteiger partial charge in [0.15, 0.2) is 11.3 Å². The number of nitrogens with zero attached hydrogens (tertiary/aromatic N) is 4. The van der Waals surface area contributed by atoms with Crippen LogP contribution >= 0.6 is 0 Å². The Kier molecular flexibility index (Phi) is 5.41. The highest BCUT2D eigenvalue weighted by Gasteiger charge is 2.40. The number of allylic oxidation sites excluding steroid dienone is 2. The molecule has 6 nitrogen and oxygen atoms in total. The number of nitriles is 3. The molecule has 1 aromatic rings. The van der Waals surface area contributed by atoms with Crippen molar-refractivity contribution in [1.29, 1.82) is 15.8 Å². The number of piperidine rings is 1. The van der Waals surface area contributed by atoms with Crippen LogP contribution in [0.1, 0.15) is 38.7 Å². The van der Waals surface area contributed by atoms with Crippen LogP contribution in [0, 0.1) is 34.0 Å². The molecule has 0 radical (unpaired) electrons. The van der Waals surface area contributed by atoms with Gasteiger partial charge in [0, 0.05) is 17.8 Å². The molecule has 28 heavy (non-hydrogen) atoms. The molecule has 0 aliphatic carbocycles. The Hall–Kier alpha value is -3.27. The lowest BCUT2D eigenvalue weighted by Crippen LogP contribution is -2.41. The summed E-state index contributed by atoms with van der Waals surface area (Å²) in [6.07, 6.45) is 3.20. The second-order valence-electron chi connectivity index (χ2n) is 7.47. The lowest BCUT2D eigenvalue weighted by atomic mass is 9.88. The van der Waals surface area contributed by atoms with Crippen LogP contribution in [0.25, 0.3) is 5.57 Å². The van der Waals surface area contributed by atoms with Gasteiger partial charge >= 0.3 is 0 Å². The van der Waals surface area contributed by atoms with Crippen molar-refractivity contribution >= 4 is 11.3 Å². The SMILES string of the molecule is CC1(C)OC(=C(C#N)C#N)C(C#N)=C1c1ccc(N2CCCCC2CO)cc1. The van der Waals surface area contributed by atoms with Crippen LogP contribution in [-0.4, -0.2) is 29.9 Å². The summed E-state index contributed by atoms with van der Waals surface area (Å²) in [6, 6.07) is 13.7. The number of hydrogen-bond acceptors (Lipinski definition) is 6. The molecule has 2 aliphatic heterocycles. The summed E-state index contributed by atoms with van der Waals surface area (Å²) < 4.78 is 5.84. The van der Waals surface area contributed by atoms with Crippen LogP contribution in [0.5, 0.6) is 0 Å². The smallest absolute Gasteiger partial charge is 0.172 e. The van der Waals surface area contributed by atoms with E-state index in [1.165, 1.54) is 0 Å². The van der Waals surface area contributed by atoms with Crippen LogP contribution < -0.4 is 4.90 Å². The molecule has 1 unspecified atom stereocenters. The quantitative estimate of drug-likeness (QED) is 0.813. The monoisotopic (exact) mass is 374 g/mol. The van der Waals surface area contributed by atoms with E-state index in [9.17, 15) is 20.9 Å². The van der Waals surface area contributed by atoms with Crippen LogP contribution in [0.3, 0.4) is 0 Å². The normalized spacial score (nSPS) is 20.8. The van der Waals surface area contributed by atoms with Gasteiger partial charge in [0.1, 0.15) is 29.4 Å². The zero-order chi connectivity index (χ0) is 20.3. The molecule has 142 valence electrons. The third-order valence-electron chi connectivity index (χ3n) is 5.32. The van der Waals surface area contributed by atoms with E-state index in [0.717, 1.165) is 37.1 Å². The van der Waals surface area contributed by atoms with Crippen LogP contribution in [0.15, 0.2) is 41.2 Å². The molecular weight excluding hydrogens is 352 g/mol. The zero-order valence-corrected chi connectivity index (χ0v) is 16.1. The fraction of sp³-hybridized carbons (Fsp3) is 0.409. The number of aliphatic hydroxyl groups excluding tert-OH is 1. The predicted molar refractivity (Wildman–Crippen MR) is 104 cm³/mol. The first kappa shape index (κ1) is 19.5. The van der Waals surface area contributed by atoms with E-state index in [2.05, 4.69) is 11.0 Å². The molecule has 0 saturated carbocycles.